The van der Waals surface area contributed by atoms with Gasteiger partial charge in [-0.1, -0.05) is 55.8 Å². The Morgan fingerprint density at radius 3 is 2.42 bits per heavy atom. The number of carbonyl (C=O) groups is 2. The van der Waals surface area contributed by atoms with E-state index < -0.39 is 0 Å². The summed E-state index contributed by atoms with van der Waals surface area (Å²) in [6.45, 7) is 8.56. The summed E-state index contributed by atoms with van der Waals surface area (Å²) in [5.41, 5.74) is 5.78. The molecule has 1 unspecified atom stereocenters. The molecule has 8 nitrogen and oxygen atoms in total. The Morgan fingerprint density at radius 1 is 0.953 bits per heavy atom. The zero-order chi connectivity index (χ0) is 30.3. The number of hydrogen-bond acceptors (Lipinski definition) is 7. The fraction of sp³-hybridized carbons (Fsp3) is 0.371. The van der Waals surface area contributed by atoms with Crippen molar-refractivity contribution in [1.29, 1.82) is 0 Å². The Bertz CT molecular complexity index is 1550. The molecule has 3 aromatic carbocycles. The maximum Gasteiger partial charge on any atom is 0.418 e. The predicted molar refractivity (Wildman–Crippen MR) is 168 cm³/mol. The molecule has 0 spiro atoms. The number of aryl methyl sites for hydroxylation is 1. The molecule has 226 valence electrons. The van der Waals surface area contributed by atoms with Crippen LogP contribution in [0.3, 0.4) is 0 Å². The average Bonchev–Trinajstić information content (AvgIpc) is 3.49. The molecule has 0 bridgehead atoms. The van der Waals surface area contributed by atoms with Crippen LogP contribution in [0, 0.1) is 6.92 Å². The molecule has 1 aromatic heterocycles. The van der Waals surface area contributed by atoms with Gasteiger partial charge < -0.3 is 14.2 Å². The summed E-state index contributed by atoms with van der Waals surface area (Å²) in [5, 5.41) is 0.982. The Morgan fingerprint density at radius 2 is 1.72 bits per heavy atom. The van der Waals surface area contributed by atoms with E-state index in [0.29, 0.717) is 18.7 Å². The number of methoxy groups -OCH3 is 2. The molecule has 0 aliphatic carbocycles. The van der Waals surface area contributed by atoms with E-state index >= 15 is 0 Å². The van der Waals surface area contributed by atoms with Crippen molar-refractivity contribution in [1.82, 2.24) is 14.4 Å². The van der Waals surface area contributed by atoms with Crippen LogP contribution < -0.4 is 4.74 Å². The second kappa shape index (κ2) is 13.9. The molecule has 4 aromatic rings. The van der Waals surface area contributed by atoms with Gasteiger partial charge in [0.05, 0.1) is 31.9 Å². The first-order chi connectivity index (χ1) is 20.9. The quantitative estimate of drug-likeness (QED) is 0.154. The lowest BCUT2D eigenvalue weighted by Gasteiger charge is -2.42. The molecule has 43 heavy (non-hydrogen) atoms. The van der Waals surface area contributed by atoms with Gasteiger partial charge in [0, 0.05) is 55.9 Å². The lowest BCUT2D eigenvalue weighted by Crippen LogP contribution is -2.47. The van der Waals surface area contributed by atoms with Crippen LogP contribution in [0.2, 0.25) is 0 Å². The number of fused-ring (bicyclic) bond motifs is 1. The summed E-state index contributed by atoms with van der Waals surface area (Å²) >= 11 is 0. The second-order valence-corrected chi connectivity index (χ2v) is 11.1. The van der Waals surface area contributed by atoms with Gasteiger partial charge in [-0.25, -0.2) is 9.59 Å². The van der Waals surface area contributed by atoms with Gasteiger partial charge in [0.2, 0.25) is 0 Å². The van der Waals surface area contributed by atoms with Crippen LogP contribution in [0.4, 0.5) is 4.79 Å². The number of benzene rings is 3. The highest BCUT2D eigenvalue weighted by Gasteiger charge is 2.30. The van der Waals surface area contributed by atoms with Crippen LogP contribution >= 0.6 is 0 Å². The Balaban J connectivity index is 1.48. The summed E-state index contributed by atoms with van der Waals surface area (Å²) < 4.78 is 18.0. The molecule has 8 heteroatoms. The highest BCUT2D eigenvalue weighted by molar-refractivity contribution is 5.95. The first kappa shape index (κ1) is 30.3. The summed E-state index contributed by atoms with van der Waals surface area (Å²) in [7, 11) is 3.09. The maximum atomic E-state index is 13.0. The van der Waals surface area contributed by atoms with E-state index in [0.717, 1.165) is 72.4 Å². The van der Waals surface area contributed by atoms with Crippen molar-refractivity contribution in [2.24, 2.45) is 0 Å². The molecule has 0 saturated carbocycles. The number of rotatable bonds is 10. The van der Waals surface area contributed by atoms with Gasteiger partial charge in [0.15, 0.2) is 0 Å². The van der Waals surface area contributed by atoms with Gasteiger partial charge in [-0.3, -0.25) is 14.4 Å². The van der Waals surface area contributed by atoms with E-state index in [2.05, 4.69) is 41.0 Å². The predicted octanol–water partition coefficient (Wildman–Crippen LogP) is 6.59. The Kier molecular flexibility index (Phi) is 9.79. The Hall–Kier alpha value is -4.14. The summed E-state index contributed by atoms with van der Waals surface area (Å²) in [6, 6.07) is 22.3. The van der Waals surface area contributed by atoms with Crippen molar-refractivity contribution in [3.63, 3.8) is 0 Å². The van der Waals surface area contributed by atoms with Gasteiger partial charge in [0.25, 0.3) is 0 Å². The SMILES string of the molecule is CCCCOC(=O)n1ccc2c(CN3CCN(Cc4ccccc4)CC3c3ccc(C(=O)OC)cc3)c(OC)cc(C)c21. The van der Waals surface area contributed by atoms with Crippen molar-refractivity contribution in [3.8, 4) is 5.75 Å². The molecule has 1 fully saturated rings. The lowest BCUT2D eigenvalue weighted by molar-refractivity contribution is 0.0598. The van der Waals surface area contributed by atoms with E-state index in [1.165, 1.54) is 12.7 Å². The van der Waals surface area contributed by atoms with Gasteiger partial charge in [-0.2, -0.15) is 0 Å². The number of esters is 1. The number of carbonyl (C=O) groups excluding carboxylic acids is 2. The van der Waals surface area contributed by atoms with Gasteiger partial charge >= 0.3 is 12.1 Å². The number of unbranched alkanes of at least 4 members (excludes halogenated alkanes) is 1. The van der Waals surface area contributed by atoms with Crippen molar-refractivity contribution < 1.29 is 23.8 Å². The molecule has 0 N–H and O–H groups in total. The smallest absolute Gasteiger partial charge is 0.418 e. The maximum absolute atomic E-state index is 13.0. The molecule has 1 aliphatic heterocycles. The normalized spacial score (nSPS) is 15.9. The molecule has 0 amide bonds. The van der Waals surface area contributed by atoms with Gasteiger partial charge in [-0.15, -0.1) is 0 Å². The lowest BCUT2D eigenvalue weighted by atomic mass is 9.98. The zero-order valence-corrected chi connectivity index (χ0v) is 25.5. The van der Waals surface area contributed by atoms with E-state index in [1.807, 2.05) is 49.4 Å². The van der Waals surface area contributed by atoms with Crippen LogP contribution in [0.1, 0.15) is 58.4 Å². The van der Waals surface area contributed by atoms with Crippen LogP contribution in [0.15, 0.2) is 72.9 Å². The molecular weight excluding hydrogens is 542 g/mol. The molecule has 1 atom stereocenters. The summed E-state index contributed by atoms with van der Waals surface area (Å²) in [6.07, 6.45) is 3.24. The standard InChI is InChI=1S/C35H41N3O5/c1-5-6-20-43-35(40)38-17-16-29-30(32(41-3)21-25(2)33(29)38)23-37-19-18-36(22-26-10-8-7-9-11-26)24-31(37)27-12-14-28(15-13-27)34(39)42-4/h7-17,21,31H,5-6,18-20,22-24H2,1-4H3. The third kappa shape index (κ3) is 6.76. The van der Waals surface area contributed by atoms with Crippen LogP contribution in [0.25, 0.3) is 10.9 Å². The largest absolute Gasteiger partial charge is 0.496 e. The highest BCUT2D eigenvalue weighted by atomic mass is 16.5. The first-order valence-electron chi connectivity index (χ1n) is 15.0. The third-order valence-corrected chi connectivity index (χ3v) is 8.27. The minimum atomic E-state index is -0.360. The van der Waals surface area contributed by atoms with Crippen molar-refractivity contribution in [3.05, 3.63) is 101 Å². The molecule has 0 radical (unpaired) electrons. The van der Waals surface area contributed by atoms with E-state index in [-0.39, 0.29) is 18.1 Å². The molecule has 1 aliphatic rings. The second-order valence-electron chi connectivity index (χ2n) is 11.1. The molecule has 5 rings (SSSR count). The summed E-state index contributed by atoms with van der Waals surface area (Å²) in [5.74, 6) is 0.455. The third-order valence-electron chi connectivity index (χ3n) is 8.27. The molecule has 2 heterocycles. The number of hydrogen-bond donors (Lipinski definition) is 0. The first-order valence-corrected chi connectivity index (χ1v) is 15.0. The van der Waals surface area contributed by atoms with Crippen LogP contribution in [-0.4, -0.2) is 66.9 Å². The highest BCUT2D eigenvalue weighted by Crippen LogP contribution is 2.36. The van der Waals surface area contributed by atoms with Crippen LogP contribution in [-0.2, 0) is 22.6 Å². The monoisotopic (exact) mass is 583 g/mol. The van der Waals surface area contributed by atoms with Crippen molar-refractivity contribution >= 4 is 23.0 Å². The topological polar surface area (TPSA) is 73.2 Å². The minimum Gasteiger partial charge on any atom is -0.496 e. The van der Waals surface area contributed by atoms with Crippen molar-refractivity contribution in [2.45, 2.75) is 45.8 Å². The molecule has 1 saturated heterocycles. The number of aromatic nitrogens is 1. The van der Waals surface area contributed by atoms with Gasteiger partial charge in [0.1, 0.15) is 5.75 Å². The number of nitrogens with zero attached hydrogens (tertiary/aromatic N) is 3. The van der Waals surface area contributed by atoms with Gasteiger partial charge in [-0.05, 0) is 54.3 Å². The van der Waals surface area contributed by atoms with E-state index in [9.17, 15) is 9.59 Å². The van der Waals surface area contributed by atoms with Crippen molar-refractivity contribution in [2.75, 3.05) is 40.5 Å². The number of piperazine rings is 1. The fourth-order valence-electron chi connectivity index (χ4n) is 5.96. The Labute approximate surface area is 253 Å². The minimum absolute atomic E-state index is 0.0753. The van der Waals surface area contributed by atoms with E-state index in [1.54, 1.807) is 17.9 Å². The zero-order valence-electron chi connectivity index (χ0n) is 25.5. The number of ether oxygens (including phenoxy) is 3. The van der Waals surface area contributed by atoms with E-state index in [4.69, 9.17) is 14.2 Å². The molecular formula is C35H41N3O5. The summed E-state index contributed by atoms with van der Waals surface area (Å²) in [4.78, 5) is 30.1. The average molecular weight is 584 g/mol. The fourth-order valence-corrected chi connectivity index (χ4v) is 5.96. The van der Waals surface area contributed by atoms with Crippen LogP contribution in [0.5, 0.6) is 5.75 Å².